The lowest BCUT2D eigenvalue weighted by Gasteiger charge is -2.34. The molecular weight excluding hydrogens is 330 g/mol. The molecule has 4 rings (SSSR count). The first-order valence-corrected chi connectivity index (χ1v) is 9.57. The molecule has 1 aliphatic heterocycles. The average molecular weight is 357 g/mol. The summed E-state index contributed by atoms with van der Waals surface area (Å²) >= 11 is 0. The van der Waals surface area contributed by atoms with Crippen molar-refractivity contribution in [2.75, 3.05) is 32.7 Å². The zero-order chi connectivity index (χ0) is 17.9. The largest absolute Gasteiger partial charge is 0.299 e. The lowest BCUT2D eigenvalue weighted by molar-refractivity contribution is 0.120. The van der Waals surface area contributed by atoms with Crippen LogP contribution in [-0.2, 0) is 33.0 Å². The summed E-state index contributed by atoms with van der Waals surface area (Å²) in [5.74, 6) is 0. The number of nitrogens with zero attached hydrogens (tertiary/aromatic N) is 7. The van der Waals surface area contributed by atoms with Gasteiger partial charge in [0, 0.05) is 52.4 Å². The minimum Gasteiger partial charge on any atom is -0.299 e. The van der Waals surface area contributed by atoms with E-state index in [-0.39, 0.29) is 5.56 Å². The summed E-state index contributed by atoms with van der Waals surface area (Å²) in [4.78, 5) is 17.1. The van der Waals surface area contributed by atoms with Gasteiger partial charge in [-0.3, -0.25) is 19.3 Å². The van der Waals surface area contributed by atoms with Gasteiger partial charge < -0.3 is 0 Å². The first-order valence-electron chi connectivity index (χ1n) is 9.57. The van der Waals surface area contributed by atoms with Crippen LogP contribution in [0.4, 0.5) is 0 Å². The van der Waals surface area contributed by atoms with Crippen LogP contribution in [0.3, 0.4) is 0 Å². The summed E-state index contributed by atoms with van der Waals surface area (Å²) in [5, 5.41) is 12.6. The Bertz CT molecular complexity index is 804. The Hall–Kier alpha value is -2.06. The fourth-order valence-electron chi connectivity index (χ4n) is 3.85. The second-order valence-electron chi connectivity index (χ2n) is 7.35. The molecule has 1 fully saturated rings. The molecule has 0 spiro atoms. The van der Waals surface area contributed by atoms with Gasteiger partial charge in [-0.15, -0.1) is 5.10 Å². The quantitative estimate of drug-likeness (QED) is 0.754. The summed E-state index contributed by atoms with van der Waals surface area (Å²) in [6, 6.07) is 1.81. The van der Waals surface area contributed by atoms with Crippen LogP contribution >= 0.6 is 0 Å². The lowest BCUT2D eigenvalue weighted by Crippen LogP contribution is -2.47. The lowest BCUT2D eigenvalue weighted by atomic mass is 9.97. The monoisotopic (exact) mass is 357 g/mol. The van der Waals surface area contributed by atoms with Crippen molar-refractivity contribution in [3.63, 3.8) is 0 Å². The van der Waals surface area contributed by atoms with Crippen LogP contribution in [-0.4, -0.2) is 67.3 Å². The van der Waals surface area contributed by atoms with Crippen LogP contribution in [0.2, 0.25) is 0 Å². The molecule has 0 amide bonds. The molecule has 26 heavy (non-hydrogen) atoms. The van der Waals surface area contributed by atoms with Crippen molar-refractivity contribution >= 4 is 0 Å². The van der Waals surface area contributed by atoms with Crippen LogP contribution in [0.5, 0.6) is 0 Å². The van der Waals surface area contributed by atoms with Crippen molar-refractivity contribution in [2.45, 2.75) is 38.8 Å². The molecule has 0 bridgehead atoms. The molecule has 0 atom stereocenters. The second-order valence-corrected chi connectivity index (χ2v) is 7.35. The Morgan fingerprint density at radius 1 is 1.04 bits per heavy atom. The van der Waals surface area contributed by atoms with E-state index in [4.69, 9.17) is 0 Å². The van der Waals surface area contributed by atoms with Gasteiger partial charge in [-0.1, -0.05) is 5.21 Å². The third-order valence-electron chi connectivity index (χ3n) is 5.56. The Balaban J connectivity index is 1.29. The molecule has 1 saturated heterocycles. The summed E-state index contributed by atoms with van der Waals surface area (Å²) in [6.07, 6.45) is 6.22. The van der Waals surface area contributed by atoms with Gasteiger partial charge in [0.1, 0.15) is 0 Å². The van der Waals surface area contributed by atoms with E-state index in [2.05, 4.69) is 25.2 Å². The zero-order valence-electron chi connectivity index (χ0n) is 15.5. The van der Waals surface area contributed by atoms with Gasteiger partial charge in [0.05, 0.1) is 24.1 Å². The second kappa shape index (κ2) is 7.67. The Morgan fingerprint density at radius 2 is 1.81 bits per heavy atom. The number of rotatable bonds is 5. The third kappa shape index (κ3) is 3.86. The van der Waals surface area contributed by atoms with Crippen LogP contribution in [0.15, 0.2) is 17.1 Å². The summed E-state index contributed by atoms with van der Waals surface area (Å²) in [5.41, 5.74) is 3.48. The van der Waals surface area contributed by atoms with Crippen LogP contribution in [0.25, 0.3) is 0 Å². The molecule has 0 aromatic carbocycles. The number of aryl methyl sites for hydroxylation is 3. The maximum atomic E-state index is 12.3. The van der Waals surface area contributed by atoms with Gasteiger partial charge in [-0.05, 0) is 31.2 Å². The first-order chi connectivity index (χ1) is 12.7. The molecule has 3 heterocycles. The average Bonchev–Trinajstić information content (AvgIpc) is 3.06. The maximum absolute atomic E-state index is 12.3. The number of piperazine rings is 1. The molecule has 0 radical (unpaired) electrons. The number of hydrogen-bond donors (Lipinski definition) is 0. The maximum Gasteiger partial charge on any atom is 0.267 e. The topological polar surface area (TPSA) is 72.1 Å². The van der Waals surface area contributed by atoms with Crippen molar-refractivity contribution in [3.05, 3.63) is 39.6 Å². The van der Waals surface area contributed by atoms with Crippen LogP contribution in [0.1, 0.15) is 29.8 Å². The highest BCUT2D eigenvalue weighted by molar-refractivity contribution is 5.20. The van der Waals surface area contributed by atoms with Gasteiger partial charge in [0.15, 0.2) is 0 Å². The Kier molecular flexibility index (Phi) is 5.12. The molecule has 8 nitrogen and oxygen atoms in total. The van der Waals surface area contributed by atoms with Crippen molar-refractivity contribution < 1.29 is 0 Å². The third-order valence-corrected chi connectivity index (χ3v) is 5.56. The number of hydrogen-bond acceptors (Lipinski definition) is 6. The van der Waals surface area contributed by atoms with E-state index in [0.717, 1.165) is 69.1 Å². The Morgan fingerprint density at radius 3 is 2.58 bits per heavy atom. The molecule has 140 valence electrons. The first kappa shape index (κ1) is 17.4. The molecule has 2 aromatic heterocycles. The number of fused-ring (bicyclic) bond motifs is 1. The van der Waals surface area contributed by atoms with Gasteiger partial charge in [0.25, 0.3) is 5.56 Å². The van der Waals surface area contributed by atoms with E-state index >= 15 is 0 Å². The van der Waals surface area contributed by atoms with E-state index in [1.54, 1.807) is 10.7 Å². The van der Waals surface area contributed by atoms with Crippen LogP contribution < -0.4 is 5.56 Å². The zero-order valence-corrected chi connectivity index (χ0v) is 15.5. The molecule has 0 saturated carbocycles. The number of aromatic nitrogens is 5. The SMILES string of the molecule is Cn1nncc1CN1CCN(CCn2nc3c(cc2=O)CCCC3)CC1. The van der Waals surface area contributed by atoms with Gasteiger partial charge in [0.2, 0.25) is 0 Å². The predicted molar refractivity (Wildman–Crippen MR) is 97.9 cm³/mol. The minimum absolute atomic E-state index is 0.0491. The van der Waals surface area contributed by atoms with Crippen LogP contribution in [0, 0.1) is 0 Å². The predicted octanol–water partition coefficient (Wildman–Crippen LogP) is 0.0684. The summed E-state index contributed by atoms with van der Waals surface area (Å²) in [7, 11) is 1.93. The highest BCUT2D eigenvalue weighted by atomic mass is 16.1. The minimum atomic E-state index is 0.0491. The normalized spacial score (nSPS) is 18.8. The molecule has 8 heteroatoms. The summed E-state index contributed by atoms with van der Waals surface area (Å²) < 4.78 is 3.50. The van der Waals surface area contributed by atoms with E-state index < -0.39 is 0 Å². The highest BCUT2D eigenvalue weighted by Gasteiger charge is 2.19. The van der Waals surface area contributed by atoms with E-state index in [9.17, 15) is 4.79 Å². The standard InChI is InChI=1S/C18H27N7O/c1-22-16(13-19-21-22)14-24-8-6-23(7-9-24)10-11-25-18(26)12-15-4-2-3-5-17(15)20-25/h12-13H,2-11,14H2,1H3. The van der Waals surface area contributed by atoms with Crippen molar-refractivity contribution in [3.8, 4) is 0 Å². The van der Waals surface area contributed by atoms with Gasteiger partial charge >= 0.3 is 0 Å². The van der Waals surface area contributed by atoms with Gasteiger partial charge in [-0.25, -0.2) is 4.68 Å². The smallest absolute Gasteiger partial charge is 0.267 e. The van der Waals surface area contributed by atoms with E-state index in [1.807, 2.05) is 17.9 Å². The van der Waals surface area contributed by atoms with Crippen molar-refractivity contribution in [2.24, 2.45) is 7.05 Å². The molecule has 2 aliphatic rings. The molecule has 2 aromatic rings. The highest BCUT2D eigenvalue weighted by Crippen LogP contribution is 2.16. The molecule has 0 N–H and O–H groups in total. The Labute approximate surface area is 153 Å². The molecule has 1 aliphatic carbocycles. The molecule has 0 unspecified atom stereocenters. The van der Waals surface area contributed by atoms with Crippen molar-refractivity contribution in [1.29, 1.82) is 0 Å². The van der Waals surface area contributed by atoms with Crippen molar-refractivity contribution in [1.82, 2.24) is 34.6 Å². The fourth-order valence-corrected chi connectivity index (χ4v) is 3.85. The summed E-state index contributed by atoms with van der Waals surface area (Å²) in [6.45, 7) is 6.54. The molecular formula is C18H27N7O. The fraction of sp³-hybridized carbons (Fsp3) is 0.667. The van der Waals surface area contributed by atoms with E-state index in [1.165, 1.54) is 12.8 Å². The van der Waals surface area contributed by atoms with Gasteiger partial charge in [-0.2, -0.15) is 5.10 Å². The van der Waals surface area contributed by atoms with E-state index in [0.29, 0.717) is 6.54 Å².